The zero-order chi connectivity index (χ0) is 20.7. The van der Waals surface area contributed by atoms with Gasteiger partial charge in [-0.1, -0.05) is 19.1 Å². The van der Waals surface area contributed by atoms with Gasteiger partial charge in [0.1, 0.15) is 18.2 Å². The maximum absolute atomic E-state index is 14.6. The zero-order valence-electron chi connectivity index (χ0n) is 16.9. The van der Waals surface area contributed by atoms with E-state index in [0.29, 0.717) is 29.2 Å². The third kappa shape index (κ3) is 3.54. The third-order valence-corrected chi connectivity index (χ3v) is 5.78. The average Bonchev–Trinajstić information content (AvgIpc) is 3.50. The Morgan fingerprint density at radius 1 is 1.07 bits per heavy atom. The predicted octanol–water partition coefficient (Wildman–Crippen LogP) is 4.13. The smallest absolute Gasteiger partial charge is 0.159 e. The van der Waals surface area contributed by atoms with E-state index in [2.05, 4.69) is 27.0 Å². The van der Waals surface area contributed by atoms with E-state index in [1.165, 1.54) is 31.0 Å². The second-order valence-corrected chi connectivity index (χ2v) is 7.95. The Morgan fingerprint density at radius 3 is 2.67 bits per heavy atom. The van der Waals surface area contributed by atoms with Gasteiger partial charge in [0.2, 0.25) is 0 Å². The SMILES string of the molecule is CCN(Cc1nnc2n1-c1ccc(F)cc1C(c1ccccc1F)=NC2)CC1CC1. The highest BCUT2D eigenvalue weighted by Crippen LogP contribution is 2.31. The number of halogens is 2. The molecule has 2 heterocycles. The number of nitrogens with zero attached hydrogens (tertiary/aromatic N) is 5. The number of benzene rings is 2. The first kappa shape index (κ1) is 19.1. The van der Waals surface area contributed by atoms with E-state index >= 15 is 0 Å². The second kappa shape index (κ2) is 7.72. The Labute approximate surface area is 174 Å². The summed E-state index contributed by atoms with van der Waals surface area (Å²) in [5.74, 6) is 1.47. The molecule has 3 aromatic rings. The van der Waals surface area contributed by atoms with Crippen LogP contribution in [-0.2, 0) is 13.1 Å². The molecule has 0 N–H and O–H groups in total. The van der Waals surface area contributed by atoms with Crippen molar-refractivity contribution in [3.8, 4) is 5.69 Å². The molecule has 0 amide bonds. The van der Waals surface area contributed by atoms with Gasteiger partial charge in [-0.3, -0.25) is 14.5 Å². The van der Waals surface area contributed by atoms with Gasteiger partial charge >= 0.3 is 0 Å². The summed E-state index contributed by atoms with van der Waals surface area (Å²) < 4.78 is 30.8. The summed E-state index contributed by atoms with van der Waals surface area (Å²) in [4.78, 5) is 6.98. The van der Waals surface area contributed by atoms with Crippen LogP contribution in [0.3, 0.4) is 0 Å². The van der Waals surface area contributed by atoms with Crippen LogP contribution in [0.4, 0.5) is 8.78 Å². The van der Waals surface area contributed by atoms with Crippen LogP contribution in [0, 0.1) is 17.6 Å². The number of fused-ring (bicyclic) bond motifs is 3. The maximum atomic E-state index is 14.6. The lowest BCUT2D eigenvalue weighted by Crippen LogP contribution is -2.27. The summed E-state index contributed by atoms with van der Waals surface area (Å²) >= 11 is 0. The molecule has 5 nitrogen and oxygen atoms in total. The van der Waals surface area contributed by atoms with Gasteiger partial charge in [-0.05, 0) is 55.6 Å². The highest BCUT2D eigenvalue weighted by atomic mass is 19.1. The summed E-state index contributed by atoms with van der Waals surface area (Å²) in [6.45, 7) is 5.02. The lowest BCUT2D eigenvalue weighted by molar-refractivity contribution is 0.260. The molecule has 154 valence electrons. The largest absolute Gasteiger partial charge is 0.296 e. The van der Waals surface area contributed by atoms with Crippen molar-refractivity contribution in [1.82, 2.24) is 19.7 Å². The Hall–Kier alpha value is -2.93. The molecule has 0 bridgehead atoms. The number of aromatic nitrogens is 3. The van der Waals surface area contributed by atoms with E-state index in [9.17, 15) is 8.78 Å². The predicted molar refractivity (Wildman–Crippen MR) is 111 cm³/mol. The lowest BCUT2D eigenvalue weighted by atomic mass is 10.00. The summed E-state index contributed by atoms with van der Waals surface area (Å²) in [5, 5.41) is 8.79. The minimum atomic E-state index is -0.389. The van der Waals surface area contributed by atoms with Crippen molar-refractivity contribution in [2.24, 2.45) is 10.9 Å². The van der Waals surface area contributed by atoms with E-state index in [0.717, 1.165) is 30.5 Å². The highest BCUT2D eigenvalue weighted by molar-refractivity contribution is 6.15. The molecule has 1 aliphatic carbocycles. The summed E-state index contributed by atoms with van der Waals surface area (Å²) in [7, 11) is 0. The molecule has 30 heavy (non-hydrogen) atoms. The molecule has 2 aliphatic rings. The standard InChI is InChI=1S/C23H23F2N5/c1-2-29(13-15-7-8-15)14-22-28-27-21-12-26-23(17-5-3-4-6-19(17)25)18-11-16(24)9-10-20(18)30(21)22/h3-6,9-11,15H,2,7-8,12-14H2,1H3. The number of hydrogen-bond donors (Lipinski definition) is 0. The van der Waals surface area contributed by atoms with Crippen LogP contribution in [0.5, 0.6) is 0 Å². The van der Waals surface area contributed by atoms with Crippen LogP contribution in [-0.4, -0.2) is 38.5 Å². The van der Waals surface area contributed by atoms with Gasteiger partial charge in [-0.2, -0.15) is 0 Å². The van der Waals surface area contributed by atoms with Gasteiger partial charge in [0.05, 0.1) is 17.9 Å². The van der Waals surface area contributed by atoms with Crippen molar-refractivity contribution in [2.75, 3.05) is 13.1 Å². The molecule has 2 aromatic carbocycles. The summed E-state index contributed by atoms with van der Waals surface area (Å²) in [6.07, 6.45) is 2.58. The molecule has 1 aliphatic heterocycles. The van der Waals surface area contributed by atoms with E-state index in [1.54, 1.807) is 24.3 Å². The fourth-order valence-corrected chi connectivity index (χ4v) is 4.02. The monoisotopic (exact) mass is 407 g/mol. The average molecular weight is 407 g/mol. The first-order chi connectivity index (χ1) is 14.6. The van der Waals surface area contributed by atoms with Crippen molar-refractivity contribution >= 4 is 5.71 Å². The molecule has 1 saturated carbocycles. The molecular formula is C23H23F2N5. The van der Waals surface area contributed by atoms with Crippen LogP contribution in [0.2, 0.25) is 0 Å². The quantitative estimate of drug-likeness (QED) is 0.617. The molecular weight excluding hydrogens is 384 g/mol. The van der Waals surface area contributed by atoms with Gasteiger partial charge in [0.25, 0.3) is 0 Å². The normalized spacial score (nSPS) is 15.5. The minimum absolute atomic E-state index is 0.252. The van der Waals surface area contributed by atoms with E-state index in [-0.39, 0.29) is 18.2 Å². The fourth-order valence-electron chi connectivity index (χ4n) is 4.02. The molecule has 0 radical (unpaired) electrons. The molecule has 0 unspecified atom stereocenters. The lowest BCUT2D eigenvalue weighted by Gasteiger charge is -2.21. The highest BCUT2D eigenvalue weighted by Gasteiger charge is 2.27. The van der Waals surface area contributed by atoms with Crippen LogP contribution in [0.1, 0.15) is 42.5 Å². The molecule has 7 heteroatoms. The molecule has 1 fully saturated rings. The number of aliphatic imine (C=N–C) groups is 1. The minimum Gasteiger partial charge on any atom is -0.296 e. The molecule has 0 spiro atoms. The van der Waals surface area contributed by atoms with Crippen molar-refractivity contribution in [3.05, 3.63) is 76.9 Å². The fraction of sp³-hybridized carbons (Fsp3) is 0.348. The van der Waals surface area contributed by atoms with Crippen molar-refractivity contribution in [1.29, 1.82) is 0 Å². The Bertz CT molecular complexity index is 1120. The molecule has 1 aromatic heterocycles. The maximum Gasteiger partial charge on any atom is 0.159 e. The zero-order valence-corrected chi connectivity index (χ0v) is 16.9. The molecule has 0 saturated heterocycles. The van der Waals surface area contributed by atoms with Gasteiger partial charge in [0.15, 0.2) is 11.6 Å². The molecule has 0 atom stereocenters. The topological polar surface area (TPSA) is 46.3 Å². The van der Waals surface area contributed by atoms with E-state index in [4.69, 9.17) is 0 Å². The Balaban J connectivity index is 1.60. The van der Waals surface area contributed by atoms with Gasteiger partial charge < -0.3 is 0 Å². The number of hydrogen-bond acceptors (Lipinski definition) is 4. The third-order valence-electron chi connectivity index (χ3n) is 5.78. The second-order valence-electron chi connectivity index (χ2n) is 7.95. The Morgan fingerprint density at radius 2 is 1.90 bits per heavy atom. The van der Waals surface area contributed by atoms with Crippen molar-refractivity contribution in [3.63, 3.8) is 0 Å². The van der Waals surface area contributed by atoms with Crippen LogP contribution < -0.4 is 0 Å². The van der Waals surface area contributed by atoms with Gasteiger partial charge in [-0.25, -0.2) is 8.78 Å². The molecule has 5 rings (SSSR count). The van der Waals surface area contributed by atoms with Crippen molar-refractivity contribution in [2.45, 2.75) is 32.9 Å². The van der Waals surface area contributed by atoms with E-state index < -0.39 is 0 Å². The van der Waals surface area contributed by atoms with Crippen LogP contribution in [0.25, 0.3) is 5.69 Å². The Kier molecular flexibility index (Phi) is 4.90. The van der Waals surface area contributed by atoms with Crippen molar-refractivity contribution < 1.29 is 8.78 Å². The van der Waals surface area contributed by atoms with E-state index in [1.807, 2.05) is 4.57 Å². The summed E-state index contributed by atoms with van der Waals surface area (Å²) in [6, 6.07) is 11.0. The number of rotatable bonds is 6. The first-order valence-electron chi connectivity index (χ1n) is 10.4. The summed E-state index contributed by atoms with van der Waals surface area (Å²) in [5.41, 5.74) is 2.07. The van der Waals surface area contributed by atoms with Crippen LogP contribution >= 0.6 is 0 Å². The van der Waals surface area contributed by atoms with Crippen LogP contribution in [0.15, 0.2) is 47.5 Å². The van der Waals surface area contributed by atoms with Gasteiger partial charge in [-0.15, -0.1) is 10.2 Å². The van der Waals surface area contributed by atoms with Gasteiger partial charge in [0, 0.05) is 17.7 Å². The first-order valence-corrected chi connectivity index (χ1v) is 10.4.